The predicted octanol–water partition coefficient (Wildman–Crippen LogP) is 2.62. The molecule has 0 atom stereocenters. The van der Waals surface area contributed by atoms with Gasteiger partial charge in [0, 0.05) is 40.3 Å². The zero-order chi connectivity index (χ0) is 13.4. The van der Waals surface area contributed by atoms with Crippen molar-refractivity contribution in [3.05, 3.63) is 47.8 Å². The first-order chi connectivity index (χ1) is 9.27. The Balaban J connectivity index is 2.54. The molecule has 19 heavy (non-hydrogen) atoms. The van der Waals surface area contributed by atoms with E-state index in [9.17, 15) is 10.5 Å². The Morgan fingerprint density at radius 2 is 1.63 bits per heavy atom. The van der Waals surface area contributed by atoms with Gasteiger partial charge in [0.2, 0.25) is 0 Å². The quantitative estimate of drug-likeness (QED) is 0.658. The van der Waals surface area contributed by atoms with Crippen LogP contribution in [0.4, 0.5) is 5.69 Å². The fourth-order valence-electron chi connectivity index (χ4n) is 2.35. The molecular weight excluding hydrogens is 236 g/mol. The molecule has 3 rings (SSSR count). The molecule has 0 aromatic carbocycles. The summed E-state index contributed by atoms with van der Waals surface area (Å²) in [7, 11) is 0. The Hall–Kier alpha value is -3.11. The Kier molecular flexibility index (Phi) is 2.30. The third-order valence-electron chi connectivity index (χ3n) is 3.18. The molecule has 0 aromatic heterocycles. The van der Waals surface area contributed by atoms with Gasteiger partial charge in [-0.2, -0.15) is 10.5 Å². The number of aromatic nitrogens is 1. The van der Waals surface area contributed by atoms with Crippen LogP contribution in [0.2, 0.25) is 0 Å². The molecule has 2 aliphatic carbocycles. The first kappa shape index (κ1) is 11.0. The van der Waals surface area contributed by atoms with E-state index in [0.717, 1.165) is 22.3 Å². The van der Waals surface area contributed by atoms with Crippen LogP contribution in [0.1, 0.15) is 11.1 Å². The SMILES string of the molecule is N#Cc1cccc(C#N)c2c3c(N)ccncc-3c1-2. The second-order valence-electron chi connectivity index (χ2n) is 4.16. The van der Waals surface area contributed by atoms with Crippen molar-refractivity contribution in [2.24, 2.45) is 0 Å². The van der Waals surface area contributed by atoms with Crippen LogP contribution < -0.4 is 5.73 Å². The van der Waals surface area contributed by atoms with Gasteiger partial charge in [-0.3, -0.25) is 4.98 Å². The van der Waals surface area contributed by atoms with Gasteiger partial charge >= 0.3 is 0 Å². The van der Waals surface area contributed by atoms with Gasteiger partial charge in [-0.05, 0) is 18.2 Å². The van der Waals surface area contributed by atoms with Gasteiger partial charge in [0.15, 0.2) is 0 Å². The summed E-state index contributed by atoms with van der Waals surface area (Å²) >= 11 is 0. The van der Waals surface area contributed by atoms with Crippen molar-refractivity contribution in [3.63, 3.8) is 0 Å². The van der Waals surface area contributed by atoms with E-state index in [1.807, 2.05) is 0 Å². The summed E-state index contributed by atoms with van der Waals surface area (Å²) in [5.41, 5.74) is 10.7. The van der Waals surface area contributed by atoms with Gasteiger partial charge in [-0.15, -0.1) is 0 Å². The molecule has 0 radical (unpaired) electrons. The molecule has 0 amide bonds. The number of hydrogen-bond donors (Lipinski definition) is 1. The van der Waals surface area contributed by atoms with Crippen molar-refractivity contribution in [1.82, 2.24) is 4.98 Å². The lowest BCUT2D eigenvalue weighted by molar-refractivity contribution is 1.36. The highest BCUT2D eigenvalue weighted by atomic mass is 14.7. The third-order valence-corrected chi connectivity index (χ3v) is 3.18. The van der Waals surface area contributed by atoms with Crippen LogP contribution >= 0.6 is 0 Å². The first-order valence-corrected chi connectivity index (χ1v) is 5.66. The van der Waals surface area contributed by atoms with Crippen LogP contribution in [0.15, 0.2) is 36.7 Å². The van der Waals surface area contributed by atoms with Gasteiger partial charge in [-0.1, -0.05) is 6.07 Å². The van der Waals surface area contributed by atoms with E-state index >= 15 is 0 Å². The van der Waals surface area contributed by atoms with E-state index < -0.39 is 0 Å². The summed E-state index contributed by atoms with van der Waals surface area (Å²) in [6.45, 7) is 0. The van der Waals surface area contributed by atoms with Crippen molar-refractivity contribution < 1.29 is 0 Å². The molecule has 1 heterocycles. The molecule has 4 heteroatoms. The molecule has 0 aromatic rings. The maximum Gasteiger partial charge on any atom is 0.0998 e. The van der Waals surface area contributed by atoms with Crippen molar-refractivity contribution in [3.8, 4) is 34.4 Å². The van der Waals surface area contributed by atoms with Gasteiger partial charge in [0.05, 0.1) is 23.3 Å². The van der Waals surface area contributed by atoms with Crippen LogP contribution in [0.25, 0.3) is 22.3 Å². The minimum absolute atomic E-state index is 0.516. The monoisotopic (exact) mass is 244 g/mol. The highest BCUT2D eigenvalue weighted by molar-refractivity contribution is 6.10. The Bertz CT molecular complexity index is 808. The van der Waals surface area contributed by atoms with E-state index in [2.05, 4.69) is 17.1 Å². The summed E-state index contributed by atoms with van der Waals surface area (Å²) in [6.07, 6.45) is 3.28. The van der Waals surface area contributed by atoms with Gasteiger partial charge < -0.3 is 5.73 Å². The van der Waals surface area contributed by atoms with Gasteiger partial charge in [0.25, 0.3) is 0 Å². The van der Waals surface area contributed by atoms with E-state index in [1.165, 1.54) is 0 Å². The average Bonchev–Trinajstić information content (AvgIpc) is 2.64. The number of fused-ring (bicyclic) bond motifs is 4. The molecule has 2 N–H and O–H groups in total. The zero-order valence-corrected chi connectivity index (χ0v) is 9.88. The molecule has 0 bridgehead atoms. The van der Waals surface area contributed by atoms with Crippen LogP contribution in [0.5, 0.6) is 0 Å². The average molecular weight is 244 g/mol. The highest BCUT2D eigenvalue weighted by Crippen LogP contribution is 2.51. The molecule has 1 aliphatic heterocycles. The molecule has 0 spiro atoms. The number of anilines is 1. The van der Waals surface area contributed by atoms with Crippen LogP contribution in [-0.4, -0.2) is 4.98 Å². The lowest BCUT2D eigenvalue weighted by Crippen LogP contribution is -2.03. The summed E-state index contributed by atoms with van der Waals surface area (Å²) in [5.74, 6) is 0. The molecule has 0 saturated heterocycles. The Morgan fingerprint density at radius 3 is 2.32 bits per heavy atom. The van der Waals surface area contributed by atoms with Crippen LogP contribution in [-0.2, 0) is 0 Å². The van der Waals surface area contributed by atoms with Crippen molar-refractivity contribution in [2.45, 2.75) is 0 Å². The zero-order valence-electron chi connectivity index (χ0n) is 9.88. The summed E-state index contributed by atoms with van der Waals surface area (Å²) in [6, 6.07) is 11.1. The highest BCUT2D eigenvalue weighted by Gasteiger charge is 2.29. The van der Waals surface area contributed by atoms with Crippen molar-refractivity contribution in [2.75, 3.05) is 5.73 Å². The van der Waals surface area contributed by atoms with Gasteiger partial charge in [0.1, 0.15) is 0 Å². The molecule has 0 unspecified atom stereocenters. The van der Waals surface area contributed by atoms with Crippen molar-refractivity contribution in [1.29, 1.82) is 10.5 Å². The summed E-state index contributed by atoms with van der Waals surface area (Å²) in [4.78, 5) is 4.10. The number of nitrogens with two attached hydrogens (primary N) is 1. The molecular formula is C15H8N4. The van der Waals surface area contributed by atoms with E-state index in [-0.39, 0.29) is 0 Å². The van der Waals surface area contributed by atoms with Crippen molar-refractivity contribution >= 4 is 5.69 Å². The number of rotatable bonds is 0. The van der Waals surface area contributed by atoms with E-state index in [4.69, 9.17) is 5.73 Å². The summed E-state index contributed by atoms with van der Waals surface area (Å²) in [5, 5.41) is 18.5. The second-order valence-corrected chi connectivity index (χ2v) is 4.16. The largest absolute Gasteiger partial charge is 0.398 e. The smallest absolute Gasteiger partial charge is 0.0998 e. The summed E-state index contributed by atoms with van der Waals surface area (Å²) < 4.78 is 0. The van der Waals surface area contributed by atoms with E-state index in [1.54, 1.807) is 36.7 Å². The lowest BCUT2D eigenvalue weighted by Gasteiger charge is -2.23. The minimum atomic E-state index is 0.516. The third kappa shape index (κ3) is 1.41. The normalized spacial score (nSPS) is 10.2. The van der Waals surface area contributed by atoms with E-state index in [0.29, 0.717) is 16.8 Å². The predicted molar refractivity (Wildman–Crippen MR) is 71.3 cm³/mol. The Morgan fingerprint density at radius 1 is 0.947 bits per heavy atom. The van der Waals surface area contributed by atoms with Crippen LogP contribution in [0.3, 0.4) is 0 Å². The number of hydrogen-bond acceptors (Lipinski definition) is 4. The maximum atomic E-state index is 9.24. The fraction of sp³-hybridized carbons (Fsp3) is 0. The number of nitrogen functional groups attached to an aromatic ring is 1. The molecule has 3 aliphatic rings. The standard InChI is InChI=1S/C15H8N4/c16-6-9-2-1-3-10(7-17)14-13(9)11-8-19-5-4-12(18)15(11)14/h1-5,8H,18H2. The molecule has 88 valence electrons. The van der Waals surface area contributed by atoms with Gasteiger partial charge in [-0.25, -0.2) is 0 Å². The minimum Gasteiger partial charge on any atom is -0.398 e. The number of nitrogens with zero attached hydrogens (tertiary/aromatic N) is 3. The fourth-order valence-corrected chi connectivity index (χ4v) is 2.35. The second kappa shape index (κ2) is 3.97. The lowest BCUT2D eigenvalue weighted by atomic mass is 9.79. The number of nitriles is 2. The topological polar surface area (TPSA) is 86.5 Å². The maximum absolute atomic E-state index is 9.24. The molecule has 4 nitrogen and oxygen atoms in total. The molecule has 0 fully saturated rings. The first-order valence-electron chi connectivity index (χ1n) is 5.66. The van der Waals surface area contributed by atoms with Crippen LogP contribution in [0, 0.1) is 22.7 Å². The molecule has 0 saturated carbocycles. The Labute approximate surface area is 110 Å².